The standard InChI is InChI=1S/C24H21ClN3/c1-27(22-7-3-2-4-8-22)26-17-20-15-16-28(24-10-6-5-9-23(20)24)18-19-11-13-21(25)14-12-19/h2-17H,18H2,1H3/q+1. The molecule has 28 heavy (non-hydrogen) atoms. The summed E-state index contributed by atoms with van der Waals surface area (Å²) in [5.74, 6) is 0. The molecule has 4 rings (SSSR count). The monoisotopic (exact) mass is 386 g/mol. The van der Waals surface area contributed by atoms with Crippen LogP contribution in [0.25, 0.3) is 10.9 Å². The van der Waals surface area contributed by atoms with E-state index in [9.17, 15) is 0 Å². The highest BCUT2D eigenvalue weighted by atomic mass is 35.5. The average molecular weight is 387 g/mol. The Morgan fingerprint density at radius 1 is 0.893 bits per heavy atom. The first-order valence-electron chi connectivity index (χ1n) is 9.19. The van der Waals surface area contributed by atoms with Crippen molar-refractivity contribution < 1.29 is 4.57 Å². The molecule has 4 aromatic rings. The van der Waals surface area contributed by atoms with Gasteiger partial charge in [0.15, 0.2) is 12.7 Å². The third-order valence-electron chi connectivity index (χ3n) is 4.72. The molecule has 0 unspecified atom stereocenters. The van der Waals surface area contributed by atoms with Gasteiger partial charge in [-0.25, -0.2) is 0 Å². The SMILES string of the molecule is CN(N=Cc1cc[n+](Cc2ccc(Cl)cc2)c2ccccc12)c1ccccc1. The number of aromatic nitrogens is 1. The van der Waals surface area contributed by atoms with E-state index in [-0.39, 0.29) is 0 Å². The summed E-state index contributed by atoms with van der Waals surface area (Å²) in [6.07, 6.45) is 4.03. The molecule has 4 heteroatoms. The van der Waals surface area contributed by atoms with Gasteiger partial charge in [0.1, 0.15) is 0 Å². The lowest BCUT2D eigenvalue weighted by atomic mass is 10.1. The molecule has 0 N–H and O–H groups in total. The Labute approximate surface area is 170 Å². The molecular formula is C24H21ClN3+. The minimum atomic E-state index is 0.757. The predicted octanol–water partition coefficient (Wildman–Crippen LogP) is 5.30. The lowest BCUT2D eigenvalue weighted by Crippen LogP contribution is -2.35. The first-order chi connectivity index (χ1) is 13.7. The van der Waals surface area contributed by atoms with Crippen LogP contribution in [0.1, 0.15) is 11.1 Å². The zero-order valence-electron chi connectivity index (χ0n) is 15.7. The number of fused-ring (bicyclic) bond motifs is 1. The molecule has 0 radical (unpaired) electrons. The molecule has 0 amide bonds. The Kier molecular flexibility index (Phi) is 5.36. The molecule has 1 heterocycles. The normalized spacial score (nSPS) is 11.2. The van der Waals surface area contributed by atoms with Crippen molar-refractivity contribution in [2.45, 2.75) is 6.54 Å². The third-order valence-corrected chi connectivity index (χ3v) is 4.98. The molecule has 3 aromatic carbocycles. The van der Waals surface area contributed by atoms with E-state index in [1.165, 1.54) is 16.5 Å². The number of hydrazone groups is 1. The van der Waals surface area contributed by atoms with Crippen molar-refractivity contribution in [3.05, 3.63) is 107 Å². The number of halogens is 1. The second kappa shape index (κ2) is 8.24. The summed E-state index contributed by atoms with van der Waals surface area (Å²) >= 11 is 6.01. The van der Waals surface area contributed by atoms with Crippen LogP contribution in [-0.2, 0) is 6.54 Å². The van der Waals surface area contributed by atoms with E-state index in [1.54, 1.807) is 0 Å². The highest BCUT2D eigenvalue weighted by Crippen LogP contribution is 2.16. The Hall–Kier alpha value is -3.17. The fraction of sp³-hybridized carbons (Fsp3) is 0.0833. The van der Waals surface area contributed by atoms with Crippen molar-refractivity contribution in [2.24, 2.45) is 5.10 Å². The third kappa shape index (κ3) is 4.05. The van der Waals surface area contributed by atoms with E-state index in [1.807, 2.05) is 60.7 Å². The summed E-state index contributed by atoms with van der Waals surface area (Å²) in [5, 5.41) is 8.43. The van der Waals surface area contributed by atoms with Gasteiger partial charge in [-0.1, -0.05) is 54.1 Å². The van der Waals surface area contributed by atoms with E-state index in [0.717, 1.165) is 22.8 Å². The van der Waals surface area contributed by atoms with E-state index >= 15 is 0 Å². The maximum atomic E-state index is 6.01. The van der Waals surface area contributed by atoms with Crippen LogP contribution in [0, 0.1) is 0 Å². The number of rotatable bonds is 5. The number of nitrogens with zero attached hydrogens (tertiary/aromatic N) is 3. The van der Waals surface area contributed by atoms with E-state index < -0.39 is 0 Å². The van der Waals surface area contributed by atoms with Crippen LogP contribution < -0.4 is 9.58 Å². The van der Waals surface area contributed by atoms with Gasteiger partial charge < -0.3 is 0 Å². The van der Waals surface area contributed by atoms with Crippen molar-refractivity contribution in [1.29, 1.82) is 0 Å². The second-order valence-electron chi connectivity index (χ2n) is 6.65. The van der Waals surface area contributed by atoms with Gasteiger partial charge in [-0.3, -0.25) is 5.01 Å². The maximum absolute atomic E-state index is 6.01. The van der Waals surface area contributed by atoms with Crippen molar-refractivity contribution in [1.82, 2.24) is 0 Å². The summed E-state index contributed by atoms with van der Waals surface area (Å²) in [7, 11) is 1.96. The summed E-state index contributed by atoms with van der Waals surface area (Å²) in [6, 6.07) is 28.6. The smallest absolute Gasteiger partial charge is 0.213 e. The summed E-state index contributed by atoms with van der Waals surface area (Å²) < 4.78 is 2.25. The van der Waals surface area contributed by atoms with E-state index in [2.05, 4.69) is 58.3 Å². The molecule has 0 saturated carbocycles. The highest BCUT2D eigenvalue weighted by Gasteiger charge is 2.12. The highest BCUT2D eigenvalue weighted by molar-refractivity contribution is 6.30. The molecule has 0 atom stereocenters. The van der Waals surface area contributed by atoms with E-state index in [0.29, 0.717) is 0 Å². The van der Waals surface area contributed by atoms with Gasteiger partial charge in [0, 0.05) is 35.3 Å². The number of hydrogen-bond donors (Lipinski definition) is 0. The van der Waals surface area contributed by atoms with Gasteiger partial charge in [-0.2, -0.15) is 9.67 Å². The van der Waals surface area contributed by atoms with Crippen LogP contribution >= 0.6 is 11.6 Å². The minimum absolute atomic E-state index is 0.757. The molecule has 138 valence electrons. The largest absolute Gasteiger partial charge is 0.269 e. The molecular weight excluding hydrogens is 366 g/mol. The average Bonchev–Trinajstić information content (AvgIpc) is 2.75. The van der Waals surface area contributed by atoms with Crippen molar-refractivity contribution in [3.63, 3.8) is 0 Å². The zero-order chi connectivity index (χ0) is 19.3. The molecule has 0 bridgehead atoms. The van der Waals surface area contributed by atoms with E-state index in [4.69, 9.17) is 11.6 Å². The Balaban J connectivity index is 1.65. The predicted molar refractivity (Wildman–Crippen MR) is 117 cm³/mol. The van der Waals surface area contributed by atoms with Crippen LogP contribution in [0.3, 0.4) is 0 Å². The van der Waals surface area contributed by atoms with Crippen LogP contribution in [0.15, 0.2) is 96.2 Å². The Morgan fingerprint density at radius 2 is 1.61 bits per heavy atom. The molecule has 0 saturated heterocycles. The second-order valence-corrected chi connectivity index (χ2v) is 7.08. The molecule has 0 aliphatic carbocycles. The molecule has 0 aliphatic rings. The Bertz CT molecular complexity index is 1110. The van der Waals surface area contributed by atoms with Gasteiger partial charge in [0.25, 0.3) is 0 Å². The van der Waals surface area contributed by atoms with Gasteiger partial charge >= 0.3 is 0 Å². The van der Waals surface area contributed by atoms with Gasteiger partial charge in [0.05, 0.1) is 17.3 Å². The fourth-order valence-corrected chi connectivity index (χ4v) is 3.33. The number of anilines is 1. The number of benzene rings is 3. The number of pyridine rings is 1. The fourth-order valence-electron chi connectivity index (χ4n) is 3.20. The number of para-hydroxylation sites is 2. The van der Waals surface area contributed by atoms with Crippen molar-refractivity contribution in [2.75, 3.05) is 12.1 Å². The first kappa shape index (κ1) is 18.2. The van der Waals surface area contributed by atoms with Gasteiger partial charge in [0.2, 0.25) is 5.52 Å². The lowest BCUT2D eigenvalue weighted by molar-refractivity contribution is -0.662. The van der Waals surface area contributed by atoms with Gasteiger partial charge in [-0.15, -0.1) is 0 Å². The summed E-state index contributed by atoms with van der Waals surface area (Å²) in [5.41, 5.74) is 4.52. The quantitative estimate of drug-likeness (QED) is 0.259. The Morgan fingerprint density at radius 3 is 2.39 bits per heavy atom. The van der Waals surface area contributed by atoms with Crippen LogP contribution in [0.2, 0.25) is 5.02 Å². The lowest BCUT2D eigenvalue weighted by Gasteiger charge is -2.12. The van der Waals surface area contributed by atoms with Crippen molar-refractivity contribution in [3.8, 4) is 0 Å². The van der Waals surface area contributed by atoms with Crippen LogP contribution in [0.5, 0.6) is 0 Å². The minimum Gasteiger partial charge on any atom is -0.269 e. The molecule has 0 fully saturated rings. The summed E-state index contributed by atoms with van der Waals surface area (Å²) in [6.45, 7) is 0.791. The first-order valence-corrected chi connectivity index (χ1v) is 9.57. The summed E-state index contributed by atoms with van der Waals surface area (Å²) in [4.78, 5) is 0. The zero-order valence-corrected chi connectivity index (χ0v) is 16.4. The molecule has 1 aromatic heterocycles. The molecule has 0 aliphatic heterocycles. The van der Waals surface area contributed by atoms with Crippen LogP contribution in [0.4, 0.5) is 5.69 Å². The maximum Gasteiger partial charge on any atom is 0.213 e. The van der Waals surface area contributed by atoms with Gasteiger partial charge in [-0.05, 0) is 30.3 Å². The molecule has 0 spiro atoms. The number of hydrogen-bond acceptors (Lipinski definition) is 2. The topological polar surface area (TPSA) is 19.5 Å². The van der Waals surface area contributed by atoms with Crippen LogP contribution in [-0.4, -0.2) is 13.3 Å². The van der Waals surface area contributed by atoms with Crippen molar-refractivity contribution >= 4 is 34.4 Å². The molecule has 3 nitrogen and oxygen atoms in total.